The lowest BCUT2D eigenvalue weighted by molar-refractivity contribution is -0.120. The molecular weight excluding hydrogens is 376 g/mol. The predicted molar refractivity (Wildman–Crippen MR) is 108 cm³/mol. The number of aromatic amines is 1. The maximum Gasteiger partial charge on any atom is 0.229 e. The summed E-state index contributed by atoms with van der Waals surface area (Å²) in [6.07, 6.45) is 1.00. The summed E-state index contributed by atoms with van der Waals surface area (Å²) < 4.78 is 26.8. The Morgan fingerprint density at radius 1 is 1.07 bits per heavy atom. The van der Waals surface area contributed by atoms with E-state index in [1.165, 1.54) is 4.31 Å². The van der Waals surface area contributed by atoms with Crippen molar-refractivity contribution in [2.24, 2.45) is 5.92 Å². The number of fused-ring (bicyclic) bond motifs is 1. The number of H-pyrrole nitrogens is 1. The summed E-state index contributed by atoms with van der Waals surface area (Å²) in [7, 11) is -3.38. The normalized spacial score (nSPS) is 16.3. The molecule has 1 aliphatic heterocycles. The molecule has 1 fully saturated rings. The van der Waals surface area contributed by atoms with E-state index in [0.29, 0.717) is 31.9 Å². The molecule has 0 saturated carbocycles. The third-order valence-corrected chi connectivity index (χ3v) is 6.89. The molecule has 0 aliphatic carbocycles. The molecule has 4 rings (SSSR count). The number of nitrogens with one attached hydrogen (secondary N) is 2. The van der Waals surface area contributed by atoms with Crippen LogP contribution in [0.1, 0.15) is 18.4 Å². The Balaban J connectivity index is 1.34. The van der Waals surface area contributed by atoms with Crippen molar-refractivity contribution < 1.29 is 13.2 Å². The number of anilines is 1. The minimum Gasteiger partial charge on any atom is -0.324 e. The van der Waals surface area contributed by atoms with Crippen LogP contribution in [0, 0.1) is 5.92 Å². The van der Waals surface area contributed by atoms with Crippen LogP contribution in [0.15, 0.2) is 54.6 Å². The van der Waals surface area contributed by atoms with Crippen LogP contribution in [-0.2, 0) is 20.6 Å². The quantitative estimate of drug-likeness (QED) is 0.691. The van der Waals surface area contributed by atoms with Gasteiger partial charge in [-0.2, -0.15) is 0 Å². The standard InChI is InChI=1S/C20H22N4O3S/c25-19(23-20-21-17-8-4-5-9-18(17)22-20)16-10-12-24(13-11-16)28(26,27)14-15-6-2-1-3-7-15/h1-9,16H,10-14H2,(H2,21,22,23,25). The van der Waals surface area contributed by atoms with Gasteiger partial charge in [0.15, 0.2) is 0 Å². The van der Waals surface area contributed by atoms with Crippen molar-refractivity contribution in [2.45, 2.75) is 18.6 Å². The van der Waals surface area contributed by atoms with Crippen molar-refractivity contribution in [1.82, 2.24) is 14.3 Å². The predicted octanol–water partition coefficient (Wildman–Crippen LogP) is 2.74. The minimum atomic E-state index is -3.38. The Hall–Kier alpha value is -2.71. The number of hydrogen-bond donors (Lipinski definition) is 2. The number of aromatic nitrogens is 2. The molecule has 1 saturated heterocycles. The van der Waals surface area contributed by atoms with Crippen molar-refractivity contribution >= 4 is 32.9 Å². The first kappa shape index (κ1) is 18.6. The summed E-state index contributed by atoms with van der Waals surface area (Å²) in [4.78, 5) is 20.0. The lowest BCUT2D eigenvalue weighted by Gasteiger charge is -2.30. The van der Waals surface area contributed by atoms with Gasteiger partial charge in [-0.05, 0) is 30.5 Å². The van der Waals surface area contributed by atoms with Gasteiger partial charge in [0.25, 0.3) is 0 Å². The van der Waals surface area contributed by atoms with Gasteiger partial charge in [-0.25, -0.2) is 17.7 Å². The van der Waals surface area contributed by atoms with Crippen molar-refractivity contribution in [1.29, 1.82) is 0 Å². The molecule has 146 valence electrons. The zero-order valence-corrected chi connectivity index (χ0v) is 16.2. The molecular formula is C20H22N4O3S. The monoisotopic (exact) mass is 398 g/mol. The highest BCUT2D eigenvalue weighted by Crippen LogP contribution is 2.23. The molecule has 0 atom stereocenters. The van der Waals surface area contributed by atoms with Gasteiger partial charge in [0, 0.05) is 19.0 Å². The molecule has 2 heterocycles. The highest BCUT2D eigenvalue weighted by atomic mass is 32.2. The van der Waals surface area contributed by atoms with Crippen molar-refractivity contribution in [2.75, 3.05) is 18.4 Å². The average Bonchev–Trinajstić information content (AvgIpc) is 3.11. The van der Waals surface area contributed by atoms with E-state index in [0.717, 1.165) is 16.6 Å². The third-order valence-electron chi connectivity index (χ3n) is 5.04. The molecule has 0 radical (unpaired) electrons. The number of hydrogen-bond acceptors (Lipinski definition) is 4. The highest BCUT2D eigenvalue weighted by Gasteiger charge is 2.31. The molecule has 2 aromatic carbocycles. The second-order valence-electron chi connectivity index (χ2n) is 7.01. The molecule has 0 bridgehead atoms. The van der Waals surface area contributed by atoms with E-state index in [1.807, 2.05) is 54.6 Å². The van der Waals surface area contributed by atoms with Crippen molar-refractivity contribution in [3.05, 3.63) is 60.2 Å². The summed E-state index contributed by atoms with van der Waals surface area (Å²) in [6.45, 7) is 0.709. The molecule has 1 amide bonds. The number of para-hydroxylation sites is 2. The van der Waals surface area contributed by atoms with Crippen LogP contribution in [-0.4, -0.2) is 41.7 Å². The second-order valence-corrected chi connectivity index (χ2v) is 8.98. The first-order valence-electron chi connectivity index (χ1n) is 9.29. The Kier molecular flexibility index (Phi) is 5.15. The van der Waals surface area contributed by atoms with E-state index in [1.54, 1.807) is 0 Å². The van der Waals surface area contributed by atoms with E-state index in [9.17, 15) is 13.2 Å². The van der Waals surface area contributed by atoms with Crippen LogP contribution in [0.3, 0.4) is 0 Å². The number of carbonyl (C=O) groups is 1. The van der Waals surface area contributed by atoms with Crippen molar-refractivity contribution in [3.63, 3.8) is 0 Å². The Morgan fingerprint density at radius 2 is 1.75 bits per heavy atom. The molecule has 1 aliphatic rings. The highest BCUT2D eigenvalue weighted by molar-refractivity contribution is 7.88. The van der Waals surface area contributed by atoms with Gasteiger partial charge in [-0.15, -0.1) is 0 Å². The summed E-state index contributed by atoms with van der Waals surface area (Å²) in [5.74, 6) is 0.0600. The van der Waals surface area contributed by atoms with Crippen LogP contribution in [0.4, 0.5) is 5.95 Å². The molecule has 3 aromatic rings. The first-order valence-corrected chi connectivity index (χ1v) is 10.9. The van der Waals surface area contributed by atoms with Gasteiger partial charge < -0.3 is 4.98 Å². The van der Waals surface area contributed by atoms with Crippen LogP contribution in [0.5, 0.6) is 0 Å². The van der Waals surface area contributed by atoms with Gasteiger partial charge in [-0.3, -0.25) is 10.1 Å². The van der Waals surface area contributed by atoms with E-state index in [2.05, 4.69) is 15.3 Å². The smallest absolute Gasteiger partial charge is 0.229 e. The molecule has 2 N–H and O–H groups in total. The summed E-state index contributed by atoms with van der Waals surface area (Å²) in [5, 5.41) is 2.82. The fraction of sp³-hybridized carbons (Fsp3) is 0.300. The van der Waals surface area contributed by atoms with Gasteiger partial charge >= 0.3 is 0 Å². The maximum atomic E-state index is 12.6. The second kappa shape index (κ2) is 7.73. The molecule has 1 aromatic heterocycles. The third kappa shape index (κ3) is 4.07. The SMILES string of the molecule is O=C(Nc1nc2ccccc2[nH]1)C1CCN(S(=O)(=O)Cc2ccccc2)CC1. The van der Waals surface area contributed by atoms with Gasteiger partial charge in [-0.1, -0.05) is 42.5 Å². The van der Waals surface area contributed by atoms with E-state index in [4.69, 9.17) is 0 Å². The number of imidazole rings is 1. The van der Waals surface area contributed by atoms with Gasteiger partial charge in [0.2, 0.25) is 21.9 Å². The van der Waals surface area contributed by atoms with Gasteiger partial charge in [0.05, 0.1) is 16.8 Å². The molecule has 8 heteroatoms. The molecule has 0 spiro atoms. The number of sulfonamides is 1. The fourth-order valence-electron chi connectivity index (χ4n) is 3.50. The van der Waals surface area contributed by atoms with Crippen LogP contribution in [0.2, 0.25) is 0 Å². The summed E-state index contributed by atoms with van der Waals surface area (Å²) in [6, 6.07) is 16.7. The maximum absolute atomic E-state index is 12.6. The summed E-state index contributed by atoms with van der Waals surface area (Å²) >= 11 is 0. The first-order chi connectivity index (χ1) is 13.5. The number of nitrogens with zero attached hydrogens (tertiary/aromatic N) is 2. The molecule has 0 unspecified atom stereocenters. The van der Waals surface area contributed by atoms with Crippen LogP contribution >= 0.6 is 0 Å². The Morgan fingerprint density at radius 3 is 2.46 bits per heavy atom. The fourth-order valence-corrected chi connectivity index (χ4v) is 5.07. The zero-order chi connectivity index (χ0) is 19.6. The van der Waals surface area contributed by atoms with Crippen LogP contribution < -0.4 is 5.32 Å². The zero-order valence-electron chi connectivity index (χ0n) is 15.3. The minimum absolute atomic E-state index is 0.0102. The average molecular weight is 398 g/mol. The number of rotatable bonds is 5. The van der Waals surface area contributed by atoms with Crippen LogP contribution in [0.25, 0.3) is 11.0 Å². The van der Waals surface area contributed by atoms with E-state index in [-0.39, 0.29) is 17.6 Å². The Bertz CT molecular complexity index is 1040. The number of piperidine rings is 1. The molecule has 7 nitrogen and oxygen atoms in total. The number of benzene rings is 2. The Labute approximate surface area is 163 Å². The van der Waals surface area contributed by atoms with E-state index < -0.39 is 10.0 Å². The van der Waals surface area contributed by atoms with Crippen molar-refractivity contribution in [3.8, 4) is 0 Å². The topological polar surface area (TPSA) is 95.2 Å². The lowest BCUT2D eigenvalue weighted by atomic mass is 9.97. The number of carbonyl (C=O) groups excluding carboxylic acids is 1. The summed E-state index contributed by atoms with van der Waals surface area (Å²) in [5.41, 5.74) is 2.42. The number of amides is 1. The van der Waals surface area contributed by atoms with Gasteiger partial charge in [0.1, 0.15) is 0 Å². The lowest BCUT2D eigenvalue weighted by Crippen LogP contribution is -2.42. The molecule has 28 heavy (non-hydrogen) atoms. The largest absolute Gasteiger partial charge is 0.324 e. The van der Waals surface area contributed by atoms with E-state index >= 15 is 0 Å².